The number of hydrogen-bond acceptors (Lipinski definition) is 5. The van der Waals surface area contributed by atoms with Crippen LogP contribution in [0.1, 0.15) is 6.42 Å². The van der Waals surface area contributed by atoms with Gasteiger partial charge in [0.2, 0.25) is 5.75 Å². The second-order valence-electron chi connectivity index (χ2n) is 2.56. The van der Waals surface area contributed by atoms with Crippen molar-refractivity contribution < 1.29 is 14.6 Å². The Bertz CT molecular complexity index is 404. The Hall–Kier alpha value is -1.50. The van der Waals surface area contributed by atoms with Gasteiger partial charge in [0.15, 0.2) is 0 Å². The minimum atomic E-state index is -0.883. The fourth-order valence-electron chi connectivity index (χ4n) is 0.889. The fourth-order valence-corrected chi connectivity index (χ4v) is 1.79. The molecule has 0 saturated heterocycles. The summed E-state index contributed by atoms with van der Waals surface area (Å²) in [6.45, 7) is 0. The highest BCUT2D eigenvalue weighted by Crippen LogP contribution is 2.22. The summed E-state index contributed by atoms with van der Waals surface area (Å²) in [5.74, 6) is -0.415. The molecule has 1 heterocycles. The maximum absolute atomic E-state index is 11.2. The number of rotatable bonds is 5. The van der Waals surface area contributed by atoms with Crippen LogP contribution in [-0.2, 0) is 4.79 Å². The normalized spacial score (nSPS) is 9.93. The van der Waals surface area contributed by atoms with Crippen LogP contribution in [0.25, 0.3) is 0 Å². The van der Waals surface area contributed by atoms with Gasteiger partial charge in [-0.25, -0.2) is 4.98 Å². The van der Waals surface area contributed by atoms with Gasteiger partial charge in [-0.1, -0.05) is 0 Å². The highest BCUT2D eigenvalue weighted by molar-refractivity contribution is 7.99. The summed E-state index contributed by atoms with van der Waals surface area (Å²) in [6, 6.07) is 0. The Morgan fingerprint density at radius 2 is 2.47 bits per heavy atom. The van der Waals surface area contributed by atoms with E-state index in [0.717, 1.165) is 0 Å². The van der Waals surface area contributed by atoms with Gasteiger partial charge in [0.1, 0.15) is 5.03 Å². The Morgan fingerprint density at radius 3 is 3.07 bits per heavy atom. The first kappa shape index (κ1) is 11.6. The van der Waals surface area contributed by atoms with Gasteiger partial charge >= 0.3 is 5.97 Å². The van der Waals surface area contributed by atoms with E-state index in [1.54, 1.807) is 0 Å². The summed E-state index contributed by atoms with van der Waals surface area (Å²) in [5.41, 5.74) is -0.370. The summed E-state index contributed by atoms with van der Waals surface area (Å²) in [5, 5.41) is 8.84. The van der Waals surface area contributed by atoms with Crippen molar-refractivity contribution in [2.45, 2.75) is 11.4 Å². The topological polar surface area (TPSA) is 92.3 Å². The van der Waals surface area contributed by atoms with Crippen LogP contribution in [0.3, 0.4) is 0 Å². The fraction of sp³-hybridized carbons (Fsp3) is 0.375. The van der Waals surface area contributed by atoms with E-state index in [2.05, 4.69) is 9.97 Å². The first-order chi connectivity index (χ1) is 7.15. The number of aliphatic carboxylic acids is 1. The Morgan fingerprint density at radius 1 is 1.73 bits per heavy atom. The van der Waals surface area contributed by atoms with Gasteiger partial charge in [-0.05, 0) is 0 Å². The van der Waals surface area contributed by atoms with Gasteiger partial charge in [-0.2, -0.15) is 0 Å². The molecule has 1 aromatic heterocycles. The molecule has 0 spiro atoms. The largest absolute Gasteiger partial charge is 0.489 e. The van der Waals surface area contributed by atoms with Gasteiger partial charge in [-0.15, -0.1) is 11.8 Å². The molecule has 15 heavy (non-hydrogen) atoms. The minimum absolute atomic E-state index is 0.0162. The summed E-state index contributed by atoms with van der Waals surface area (Å²) in [6.07, 6.45) is 1.27. The van der Waals surface area contributed by atoms with Crippen molar-refractivity contribution in [2.75, 3.05) is 12.9 Å². The maximum Gasteiger partial charge on any atom is 0.304 e. The van der Waals surface area contributed by atoms with Crippen molar-refractivity contribution in [1.29, 1.82) is 0 Å². The average Bonchev–Trinajstić information content (AvgIpc) is 2.17. The van der Waals surface area contributed by atoms with Gasteiger partial charge < -0.3 is 14.8 Å². The molecule has 0 saturated carbocycles. The van der Waals surface area contributed by atoms with E-state index >= 15 is 0 Å². The summed E-state index contributed by atoms with van der Waals surface area (Å²) < 4.78 is 4.86. The van der Waals surface area contributed by atoms with Crippen molar-refractivity contribution in [3.05, 3.63) is 16.7 Å². The van der Waals surface area contributed by atoms with E-state index in [1.165, 1.54) is 25.2 Å². The number of hydrogen-bond donors (Lipinski definition) is 2. The van der Waals surface area contributed by atoms with E-state index in [-0.39, 0.29) is 17.7 Å². The maximum atomic E-state index is 11.2. The van der Waals surface area contributed by atoms with Gasteiger partial charge in [0, 0.05) is 5.75 Å². The number of ether oxygens (including phenoxy) is 1. The van der Waals surface area contributed by atoms with Gasteiger partial charge in [-0.3, -0.25) is 9.59 Å². The minimum Gasteiger partial charge on any atom is -0.489 e. The number of aromatic nitrogens is 2. The molecule has 0 aliphatic rings. The number of carboxylic acids is 1. The number of nitrogens with zero attached hydrogens (tertiary/aromatic N) is 1. The van der Waals surface area contributed by atoms with Crippen LogP contribution in [0, 0.1) is 0 Å². The van der Waals surface area contributed by atoms with Crippen molar-refractivity contribution >= 4 is 17.7 Å². The standard InChI is InChI=1S/C8H10N2O4S/c1-14-6-7(13)9-4-10-8(6)15-3-2-5(11)12/h4H,2-3H2,1H3,(H,11,12)(H,9,10,13). The number of carboxylic acid groups (broad SMARTS) is 1. The Balaban J connectivity index is 2.72. The molecule has 0 aliphatic carbocycles. The molecule has 2 N–H and O–H groups in total. The lowest BCUT2D eigenvalue weighted by Crippen LogP contribution is -2.11. The molecule has 1 rings (SSSR count). The van der Waals surface area contributed by atoms with E-state index in [1.807, 2.05) is 0 Å². The van der Waals surface area contributed by atoms with Crippen molar-refractivity contribution in [1.82, 2.24) is 9.97 Å². The van der Waals surface area contributed by atoms with Crippen LogP contribution in [0.2, 0.25) is 0 Å². The molecular formula is C8H10N2O4S. The molecule has 0 unspecified atom stereocenters. The Labute approximate surface area is 89.7 Å². The zero-order valence-electron chi connectivity index (χ0n) is 8.02. The summed E-state index contributed by atoms with van der Waals surface area (Å²) in [4.78, 5) is 27.8. The number of aromatic amines is 1. The van der Waals surface area contributed by atoms with E-state index in [9.17, 15) is 9.59 Å². The van der Waals surface area contributed by atoms with Crippen LogP contribution in [-0.4, -0.2) is 33.9 Å². The third-order valence-corrected chi connectivity index (χ3v) is 2.51. The molecule has 1 aromatic rings. The number of thioether (sulfide) groups is 1. The van der Waals surface area contributed by atoms with Crippen LogP contribution in [0.5, 0.6) is 5.75 Å². The molecule has 7 heteroatoms. The van der Waals surface area contributed by atoms with Gasteiger partial charge in [0.05, 0.1) is 19.9 Å². The zero-order valence-corrected chi connectivity index (χ0v) is 8.84. The molecule has 0 amide bonds. The molecule has 0 atom stereocenters. The second-order valence-corrected chi connectivity index (χ2v) is 3.65. The van der Waals surface area contributed by atoms with E-state index < -0.39 is 5.97 Å². The zero-order chi connectivity index (χ0) is 11.3. The summed E-state index contributed by atoms with van der Waals surface area (Å²) in [7, 11) is 1.37. The van der Waals surface area contributed by atoms with E-state index in [0.29, 0.717) is 10.8 Å². The second kappa shape index (κ2) is 5.40. The predicted octanol–water partition coefficient (Wildman–Crippen LogP) is 0.345. The quantitative estimate of drug-likeness (QED) is 0.560. The molecule has 6 nitrogen and oxygen atoms in total. The number of nitrogens with one attached hydrogen (secondary N) is 1. The lowest BCUT2D eigenvalue weighted by molar-refractivity contribution is -0.136. The average molecular weight is 230 g/mol. The first-order valence-electron chi connectivity index (χ1n) is 4.11. The molecular weight excluding hydrogens is 220 g/mol. The van der Waals surface area contributed by atoms with Crippen LogP contribution >= 0.6 is 11.8 Å². The lowest BCUT2D eigenvalue weighted by Gasteiger charge is -2.03. The third kappa shape index (κ3) is 3.28. The third-order valence-electron chi connectivity index (χ3n) is 1.54. The number of methoxy groups -OCH3 is 1. The molecule has 0 fully saturated rings. The van der Waals surface area contributed by atoms with Crippen molar-refractivity contribution in [3.63, 3.8) is 0 Å². The number of H-pyrrole nitrogens is 1. The van der Waals surface area contributed by atoms with E-state index in [4.69, 9.17) is 9.84 Å². The molecule has 0 radical (unpaired) electrons. The molecule has 0 aliphatic heterocycles. The summed E-state index contributed by atoms with van der Waals surface area (Å²) >= 11 is 1.18. The molecule has 82 valence electrons. The molecule has 0 bridgehead atoms. The lowest BCUT2D eigenvalue weighted by atomic mass is 10.5. The van der Waals surface area contributed by atoms with Gasteiger partial charge in [0.25, 0.3) is 5.56 Å². The SMILES string of the molecule is COc1c(SCCC(=O)O)nc[nH]c1=O. The highest BCUT2D eigenvalue weighted by Gasteiger charge is 2.09. The smallest absolute Gasteiger partial charge is 0.304 e. The Kier molecular flexibility index (Phi) is 4.17. The monoisotopic (exact) mass is 230 g/mol. The molecule has 0 aromatic carbocycles. The van der Waals surface area contributed by atoms with Crippen LogP contribution in [0.4, 0.5) is 0 Å². The van der Waals surface area contributed by atoms with Crippen molar-refractivity contribution in [3.8, 4) is 5.75 Å². The van der Waals surface area contributed by atoms with Crippen LogP contribution < -0.4 is 10.3 Å². The van der Waals surface area contributed by atoms with Crippen molar-refractivity contribution in [2.24, 2.45) is 0 Å². The van der Waals surface area contributed by atoms with Crippen LogP contribution in [0.15, 0.2) is 16.1 Å². The number of carbonyl (C=O) groups is 1. The highest BCUT2D eigenvalue weighted by atomic mass is 32.2. The predicted molar refractivity (Wildman–Crippen MR) is 54.4 cm³/mol. The first-order valence-corrected chi connectivity index (χ1v) is 5.10.